The van der Waals surface area contributed by atoms with Gasteiger partial charge in [0.1, 0.15) is 6.54 Å². The normalized spacial score (nSPS) is 10.2. The number of pyridine rings is 1. The molecule has 19 heavy (non-hydrogen) atoms. The first-order valence-electron chi connectivity index (χ1n) is 7.40. The molecule has 0 radical (unpaired) electrons. The van der Waals surface area contributed by atoms with E-state index in [4.69, 9.17) is 5.11 Å². The van der Waals surface area contributed by atoms with E-state index >= 15 is 0 Å². The molecule has 0 aliphatic carbocycles. The van der Waals surface area contributed by atoms with Gasteiger partial charge in [-0.1, -0.05) is 38.2 Å². The van der Waals surface area contributed by atoms with Crippen LogP contribution >= 0.6 is 0 Å². The summed E-state index contributed by atoms with van der Waals surface area (Å²) >= 11 is 0. The maximum atomic E-state index is 8.67. The molecule has 1 aromatic heterocycles. The molecule has 0 atom stereocenters. The number of aromatic nitrogens is 1. The zero-order valence-corrected chi connectivity index (χ0v) is 13.7. The molecule has 0 saturated heterocycles. The number of aliphatic hydroxyl groups is 1. The summed E-state index contributed by atoms with van der Waals surface area (Å²) in [6.45, 7) is 3.67. The zero-order chi connectivity index (χ0) is 13.1. The van der Waals surface area contributed by atoms with Gasteiger partial charge in [-0.25, -0.2) is 4.57 Å². The van der Waals surface area contributed by atoms with Crippen LogP contribution in [0.5, 0.6) is 0 Å². The second-order valence-electron chi connectivity index (χ2n) is 5.09. The van der Waals surface area contributed by atoms with E-state index in [1.807, 2.05) is 0 Å². The van der Waals surface area contributed by atoms with Crippen molar-refractivity contribution in [1.29, 1.82) is 0 Å². The highest BCUT2D eigenvalue weighted by Crippen LogP contribution is 2.08. The Morgan fingerprint density at radius 3 is 2.05 bits per heavy atom. The SMILES string of the molecule is Cc1cccc[n+]1CCCCCCCCCCO.[Br-]. The molecule has 0 fully saturated rings. The van der Waals surface area contributed by atoms with Crippen LogP contribution in [0.4, 0.5) is 0 Å². The van der Waals surface area contributed by atoms with Crippen molar-refractivity contribution >= 4 is 0 Å². The molecule has 0 saturated carbocycles. The van der Waals surface area contributed by atoms with Gasteiger partial charge < -0.3 is 22.1 Å². The average molecular weight is 330 g/mol. The summed E-state index contributed by atoms with van der Waals surface area (Å²) in [6, 6.07) is 6.37. The lowest BCUT2D eigenvalue weighted by Gasteiger charge is -2.02. The van der Waals surface area contributed by atoms with Crippen LogP contribution in [0, 0.1) is 6.92 Å². The minimum absolute atomic E-state index is 0. The number of halogens is 1. The summed E-state index contributed by atoms with van der Waals surface area (Å²) in [5, 5.41) is 8.67. The van der Waals surface area contributed by atoms with Crippen LogP contribution in [-0.4, -0.2) is 11.7 Å². The Kier molecular flexibility index (Phi) is 12.3. The predicted octanol–water partition coefficient (Wildman–Crippen LogP) is 0.400. The molecule has 1 aromatic rings. The fourth-order valence-corrected chi connectivity index (χ4v) is 2.27. The van der Waals surface area contributed by atoms with Crippen LogP contribution in [0.2, 0.25) is 0 Å². The van der Waals surface area contributed by atoms with E-state index < -0.39 is 0 Å². The Hall–Kier alpha value is -0.410. The summed E-state index contributed by atoms with van der Waals surface area (Å²) < 4.78 is 2.33. The number of aliphatic hydroxyl groups excluding tert-OH is 1. The molecule has 1 heterocycles. The molecule has 1 rings (SSSR count). The highest BCUT2D eigenvalue weighted by Gasteiger charge is 2.02. The summed E-state index contributed by atoms with van der Waals surface area (Å²) in [5.74, 6) is 0. The summed E-state index contributed by atoms with van der Waals surface area (Å²) in [7, 11) is 0. The van der Waals surface area contributed by atoms with E-state index in [1.165, 1.54) is 50.6 Å². The van der Waals surface area contributed by atoms with Crippen LogP contribution < -0.4 is 21.5 Å². The Morgan fingerprint density at radius 1 is 0.895 bits per heavy atom. The molecule has 0 aromatic carbocycles. The number of hydrogen-bond donors (Lipinski definition) is 1. The van der Waals surface area contributed by atoms with Crippen LogP contribution in [-0.2, 0) is 6.54 Å². The molecule has 110 valence electrons. The van der Waals surface area contributed by atoms with Gasteiger partial charge in [0.05, 0.1) is 0 Å². The molecule has 0 amide bonds. The molecule has 0 unspecified atom stereocenters. The van der Waals surface area contributed by atoms with Gasteiger partial charge in [-0.2, -0.15) is 0 Å². The van der Waals surface area contributed by atoms with Crippen molar-refractivity contribution in [3.8, 4) is 0 Å². The van der Waals surface area contributed by atoms with Gasteiger partial charge in [0, 0.05) is 32.1 Å². The first-order chi connectivity index (χ1) is 8.84. The van der Waals surface area contributed by atoms with Gasteiger partial charge in [0.15, 0.2) is 11.9 Å². The largest absolute Gasteiger partial charge is 1.00 e. The Balaban J connectivity index is 0.00000324. The molecule has 0 aliphatic heterocycles. The number of aryl methyl sites for hydroxylation is 2. The van der Waals surface area contributed by atoms with E-state index in [-0.39, 0.29) is 17.0 Å². The van der Waals surface area contributed by atoms with Gasteiger partial charge in [-0.15, -0.1) is 0 Å². The lowest BCUT2D eigenvalue weighted by Crippen LogP contribution is -3.00. The molecular formula is C16H28BrNO. The summed E-state index contributed by atoms with van der Waals surface area (Å²) in [4.78, 5) is 0. The predicted molar refractivity (Wildman–Crippen MR) is 75.4 cm³/mol. The second-order valence-corrected chi connectivity index (χ2v) is 5.09. The van der Waals surface area contributed by atoms with Crippen LogP contribution in [0.1, 0.15) is 57.1 Å². The van der Waals surface area contributed by atoms with Crippen molar-refractivity contribution in [2.45, 2.75) is 64.8 Å². The average Bonchev–Trinajstić information content (AvgIpc) is 2.39. The maximum Gasteiger partial charge on any atom is 0.178 e. The highest BCUT2D eigenvalue weighted by molar-refractivity contribution is 4.93. The topological polar surface area (TPSA) is 24.1 Å². The smallest absolute Gasteiger partial charge is 0.178 e. The zero-order valence-electron chi connectivity index (χ0n) is 12.2. The van der Waals surface area contributed by atoms with E-state index in [2.05, 4.69) is 35.9 Å². The molecular weight excluding hydrogens is 302 g/mol. The molecule has 0 aliphatic rings. The maximum absolute atomic E-state index is 8.67. The van der Waals surface area contributed by atoms with E-state index in [0.717, 1.165) is 13.0 Å². The second kappa shape index (κ2) is 12.6. The number of unbranched alkanes of at least 4 members (excludes halogenated alkanes) is 7. The van der Waals surface area contributed by atoms with Gasteiger partial charge in [-0.05, 0) is 12.8 Å². The third-order valence-corrected chi connectivity index (χ3v) is 3.47. The summed E-state index contributed by atoms with van der Waals surface area (Å²) in [5.41, 5.74) is 1.35. The van der Waals surface area contributed by atoms with Crippen molar-refractivity contribution in [1.82, 2.24) is 0 Å². The minimum atomic E-state index is 0. The first-order valence-corrected chi connectivity index (χ1v) is 7.40. The fourth-order valence-electron chi connectivity index (χ4n) is 2.27. The molecule has 0 spiro atoms. The Labute approximate surface area is 128 Å². The summed E-state index contributed by atoms with van der Waals surface area (Å²) in [6.07, 6.45) is 12.3. The molecule has 0 bridgehead atoms. The standard InChI is InChI=1S/C16H28NO.BrH/c1-16-12-8-10-14-17(16)13-9-6-4-2-3-5-7-11-15-18;/h8,10,12,14,18H,2-7,9,11,13,15H2,1H3;1H/q+1;/p-1. The lowest BCUT2D eigenvalue weighted by molar-refractivity contribution is -0.703. The van der Waals surface area contributed by atoms with Crippen LogP contribution in [0.15, 0.2) is 24.4 Å². The van der Waals surface area contributed by atoms with Crippen LogP contribution in [0.25, 0.3) is 0 Å². The monoisotopic (exact) mass is 329 g/mol. The van der Waals surface area contributed by atoms with Crippen molar-refractivity contribution in [3.05, 3.63) is 30.1 Å². The first kappa shape index (κ1) is 18.6. The fraction of sp³-hybridized carbons (Fsp3) is 0.688. The van der Waals surface area contributed by atoms with Crippen molar-refractivity contribution in [2.75, 3.05) is 6.61 Å². The van der Waals surface area contributed by atoms with Gasteiger partial charge >= 0.3 is 0 Å². The number of rotatable bonds is 10. The quantitative estimate of drug-likeness (QED) is 0.487. The lowest BCUT2D eigenvalue weighted by atomic mass is 10.1. The van der Waals surface area contributed by atoms with Gasteiger partial charge in [0.2, 0.25) is 0 Å². The molecule has 2 nitrogen and oxygen atoms in total. The van der Waals surface area contributed by atoms with Crippen molar-refractivity contribution in [3.63, 3.8) is 0 Å². The minimum Gasteiger partial charge on any atom is -1.00 e. The van der Waals surface area contributed by atoms with E-state index in [1.54, 1.807) is 0 Å². The van der Waals surface area contributed by atoms with Gasteiger partial charge in [-0.3, -0.25) is 0 Å². The molecule has 3 heteroatoms. The Morgan fingerprint density at radius 2 is 1.47 bits per heavy atom. The van der Waals surface area contributed by atoms with Crippen LogP contribution in [0.3, 0.4) is 0 Å². The molecule has 1 N–H and O–H groups in total. The third-order valence-electron chi connectivity index (χ3n) is 3.47. The van der Waals surface area contributed by atoms with E-state index in [9.17, 15) is 0 Å². The highest BCUT2D eigenvalue weighted by atomic mass is 79.9. The van der Waals surface area contributed by atoms with Crippen molar-refractivity contribution < 1.29 is 26.7 Å². The number of hydrogen-bond acceptors (Lipinski definition) is 1. The third kappa shape index (κ3) is 9.17. The Bertz CT molecular complexity index is 317. The number of nitrogens with zero attached hydrogens (tertiary/aromatic N) is 1. The van der Waals surface area contributed by atoms with Gasteiger partial charge in [0.25, 0.3) is 0 Å². The van der Waals surface area contributed by atoms with Crippen molar-refractivity contribution in [2.24, 2.45) is 0 Å². The van der Waals surface area contributed by atoms with E-state index in [0.29, 0.717) is 6.61 Å².